The van der Waals surface area contributed by atoms with Crippen molar-refractivity contribution in [3.63, 3.8) is 0 Å². The summed E-state index contributed by atoms with van der Waals surface area (Å²) in [5.74, 6) is 0. The highest BCUT2D eigenvalue weighted by atomic mass is 32.1. The fraction of sp³-hybridized carbons (Fsp3) is 0.222. The maximum atomic E-state index is 11.2. The van der Waals surface area contributed by atoms with Gasteiger partial charge in [-0.15, -0.1) is 11.3 Å². The van der Waals surface area contributed by atoms with Crippen LogP contribution in [0.5, 0.6) is 0 Å². The maximum absolute atomic E-state index is 11.2. The summed E-state index contributed by atoms with van der Waals surface area (Å²) >= 11 is 1.72. The average molecular weight is 179 g/mol. The highest BCUT2D eigenvalue weighted by Crippen LogP contribution is 2.25. The van der Waals surface area contributed by atoms with Crippen LogP contribution < -0.4 is 4.73 Å². The normalized spacial score (nSPS) is 10.8. The molecule has 2 nitrogen and oxygen atoms in total. The summed E-state index contributed by atoms with van der Waals surface area (Å²) in [6.07, 6.45) is 1.56. The molecule has 2 heterocycles. The summed E-state index contributed by atoms with van der Waals surface area (Å²) in [5, 5.41) is 12.2. The number of hydrogen-bond acceptors (Lipinski definition) is 2. The van der Waals surface area contributed by atoms with Gasteiger partial charge in [-0.3, -0.25) is 0 Å². The van der Waals surface area contributed by atoms with Gasteiger partial charge in [0, 0.05) is 22.6 Å². The first-order valence-corrected chi connectivity index (χ1v) is 4.59. The molecule has 0 saturated heterocycles. The first-order chi connectivity index (χ1) is 5.68. The standard InChI is InChI=1S/C9H9NOS/c1-6-5-8-7(2)10(11)4-3-9(8)12-6/h3-5H,1-2H3. The predicted molar refractivity (Wildman–Crippen MR) is 50.3 cm³/mol. The van der Waals surface area contributed by atoms with Crippen LogP contribution in [0, 0.1) is 19.1 Å². The second-order valence-electron chi connectivity index (χ2n) is 2.86. The van der Waals surface area contributed by atoms with E-state index in [1.54, 1.807) is 17.5 Å². The first-order valence-electron chi connectivity index (χ1n) is 3.77. The van der Waals surface area contributed by atoms with E-state index in [9.17, 15) is 5.21 Å². The van der Waals surface area contributed by atoms with Crippen LogP contribution in [0.25, 0.3) is 10.1 Å². The van der Waals surface area contributed by atoms with E-state index in [0.717, 1.165) is 15.8 Å². The molecule has 12 heavy (non-hydrogen) atoms. The van der Waals surface area contributed by atoms with E-state index >= 15 is 0 Å². The van der Waals surface area contributed by atoms with E-state index < -0.39 is 0 Å². The Morgan fingerprint density at radius 1 is 1.42 bits per heavy atom. The van der Waals surface area contributed by atoms with Crippen molar-refractivity contribution in [2.45, 2.75) is 13.8 Å². The van der Waals surface area contributed by atoms with Crippen LogP contribution in [-0.2, 0) is 0 Å². The van der Waals surface area contributed by atoms with Crippen molar-refractivity contribution < 1.29 is 4.73 Å². The predicted octanol–water partition coefficient (Wildman–Crippen LogP) is 2.15. The maximum Gasteiger partial charge on any atom is 0.198 e. The van der Waals surface area contributed by atoms with Gasteiger partial charge < -0.3 is 5.21 Å². The highest BCUT2D eigenvalue weighted by Gasteiger charge is 2.07. The minimum absolute atomic E-state index is 0.789. The van der Waals surface area contributed by atoms with Gasteiger partial charge in [0.25, 0.3) is 0 Å². The molecule has 2 aromatic heterocycles. The molecule has 0 fully saturated rings. The Kier molecular flexibility index (Phi) is 1.54. The second kappa shape index (κ2) is 2.45. The van der Waals surface area contributed by atoms with Crippen molar-refractivity contribution >= 4 is 21.4 Å². The summed E-state index contributed by atoms with van der Waals surface area (Å²) in [7, 11) is 0. The zero-order chi connectivity index (χ0) is 8.72. The zero-order valence-electron chi connectivity index (χ0n) is 7.00. The lowest BCUT2D eigenvalue weighted by Crippen LogP contribution is -2.28. The van der Waals surface area contributed by atoms with Crippen LogP contribution in [0.2, 0.25) is 0 Å². The van der Waals surface area contributed by atoms with E-state index in [4.69, 9.17) is 0 Å². The fourth-order valence-corrected chi connectivity index (χ4v) is 2.27. The number of aryl methyl sites for hydroxylation is 2. The van der Waals surface area contributed by atoms with Crippen molar-refractivity contribution in [3.8, 4) is 0 Å². The number of thiophene rings is 1. The van der Waals surface area contributed by atoms with E-state index in [1.165, 1.54) is 9.58 Å². The van der Waals surface area contributed by atoms with Crippen LogP contribution >= 0.6 is 11.3 Å². The van der Waals surface area contributed by atoms with Crippen LogP contribution in [0.1, 0.15) is 10.6 Å². The summed E-state index contributed by atoms with van der Waals surface area (Å²) < 4.78 is 2.10. The van der Waals surface area contributed by atoms with Gasteiger partial charge in [0.15, 0.2) is 11.9 Å². The van der Waals surface area contributed by atoms with Gasteiger partial charge in [-0.2, -0.15) is 4.73 Å². The molecule has 2 aromatic rings. The summed E-state index contributed by atoms with van der Waals surface area (Å²) in [4.78, 5) is 1.25. The van der Waals surface area contributed by atoms with Crippen molar-refractivity contribution in [3.05, 3.63) is 34.1 Å². The lowest BCUT2D eigenvalue weighted by Gasteiger charge is -1.99. The van der Waals surface area contributed by atoms with Crippen molar-refractivity contribution in [2.75, 3.05) is 0 Å². The number of rotatable bonds is 0. The number of pyridine rings is 1. The molecule has 0 aliphatic carbocycles. The Hall–Kier alpha value is -1.09. The lowest BCUT2D eigenvalue weighted by molar-refractivity contribution is -0.610. The Labute approximate surface area is 74.7 Å². The number of fused-ring (bicyclic) bond motifs is 1. The van der Waals surface area contributed by atoms with E-state index in [1.807, 2.05) is 13.0 Å². The SMILES string of the molecule is Cc1cc2c(C)[n+]([O-])ccc2s1. The van der Waals surface area contributed by atoms with E-state index in [-0.39, 0.29) is 0 Å². The summed E-state index contributed by atoms with van der Waals surface area (Å²) in [6, 6.07) is 3.93. The topological polar surface area (TPSA) is 26.9 Å². The largest absolute Gasteiger partial charge is 0.618 e. The third kappa shape index (κ3) is 0.975. The molecular weight excluding hydrogens is 170 g/mol. The molecule has 0 unspecified atom stereocenters. The Balaban J connectivity index is 2.89. The van der Waals surface area contributed by atoms with Crippen molar-refractivity contribution in [1.82, 2.24) is 0 Å². The molecule has 0 amide bonds. The molecular formula is C9H9NOS. The monoisotopic (exact) mass is 179 g/mol. The van der Waals surface area contributed by atoms with E-state index in [2.05, 4.69) is 13.0 Å². The van der Waals surface area contributed by atoms with Crippen molar-refractivity contribution in [1.29, 1.82) is 0 Å². The third-order valence-corrected chi connectivity index (χ3v) is 2.98. The molecule has 62 valence electrons. The summed E-state index contributed by atoms with van der Waals surface area (Å²) in [6.45, 7) is 3.90. The molecule has 0 atom stereocenters. The molecule has 0 N–H and O–H groups in total. The fourth-order valence-electron chi connectivity index (χ4n) is 1.30. The van der Waals surface area contributed by atoms with Gasteiger partial charge in [0.1, 0.15) is 0 Å². The zero-order valence-corrected chi connectivity index (χ0v) is 7.81. The molecule has 0 radical (unpaired) electrons. The molecule has 0 aliphatic rings. The smallest absolute Gasteiger partial charge is 0.198 e. The van der Waals surface area contributed by atoms with Crippen LogP contribution in [0.4, 0.5) is 0 Å². The van der Waals surface area contributed by atoms with Gasteiger partial charge in [-0.25, -0.2) is 0 Å². The minimum atomic E-state index is 0.789. The first kappa shape index (κ1) is 7.55. The molecule has 0 spiro atoms. The lowest BCUT2D eigenvalue weighted by atomic mass is 10.2. The van der Waals surface area contributed by atoms with Gasteiger partial charge in [0.05, 0.1) is 5.39 Å². The third-order valence-electron chi connectivity index (χ3n) is 1.97. The molecule has 0 saturated carbocycles. The number of aromatic nitrogens is 1. The van der Waals surface area contributed by atoms with Gasteiger partial charge >= 0.3 is 0 Å². The quantitative estimate of drug-likeness (QED) is 0.449. The highest BCUT2D eigenvalue weighted by molar-refractivity contribution is 7.19. The van der Waals surface area contributed by atoms with E-state index in [0.29, 0.717) is 0 Å². The Morgan fingerprint density at radius 3 is 2.92 bits per heavy atom. The van der Waals surface area contributed by atoms with Gasteiger partial charge in [-0.1, -0.05) is 0 Å². The number of hydrogen-bond donors (Lipinski definition) is 0. The Bertz CT molecular complexity index is 433. The molecule has 3 heteroatoms. The molecule has 0 aliphatic heterocycles. The van der Waals surface area contributed by atoms with Crippen LogP contribution in [0.3, 0.4) is 0 Å². The molecule has 2 rings (SSSR count). The van der Waals surface area contributed by atoms with Gasteiger partial charge in [-0.05, 0) is 13.0 Å². The number of nitrogens with zero attached hydrogens (tertiary/aromatic N) is 1. The van der Waals surface area contributed by atoms with Crippen LogP contribution in [0.15, 0.2) is 18.3 Å². The Morgan fingerprint density at radius 2 is 2.17 bits per heavy atom. The molecule has 0 aromatic carbocycles. The summed E-state index contributed by atoms with van der Waals surface area (Å²) in [5.41, 5.74) is 0.789. The average Bonchev–Trinajstić information content (AvgIpc) is 2.39. The van der Waals surface area contributed by atoms with Gasteiger partial charge in [0.2, 0.25) is 0 Å². The minimum Gasteiger partial charge on any atom is -0.618 e. The van der Waals surface area contributed by atoms with Crippen LogP contribution in [-0.4, -0.2) is 0 Å². The second-order valence-corrected chi connectivity index (χ2v) is 4.15. The van der Waals surface area contributed by atoms with Crippen molar-refractivity contribution in [2.24, 2.45) is 0 Å². The molecule has 0 bridgehead atoms.